The summed E-state index contributed by atoms with van der Waals surface area (Å²) in [6, 6.07) is 20.8. The van der Waals surface area contributed by atoms with Gasteiger partial charge in [-0.3, -0.25) is 4.79 Å². The third kappa shape index (κ3) is 4.56. The Hall–Kier alpha value is -1.89. The Bertz CT molecular complexity index is 564. The molecule has 0 bridgehead atoms. The van der Waals surface area contributed by atoms with Crippen molar-refractivity contribution in [3.63, 3.8) is 0 Å². The average molecular weight is 280 g/mol. The van der Waals surface area contributed by atoms with Gasteiger partial charge in [-0.2, -0.15) is 0 Å². The van der Waals surface area contributed by atoms with Crippen molar-refractivity contribution in [1.29, 1.82) is 0 Å². The van der Waals surface area contributed by atoms with Gasteiger partial charge in [0.05, 0.1) is 0 Å². The molecule has 0 saturated heterocycles. The van der Waals surface area contributed by atoms with Gasteiger partial charge in [0, 0.05) is 11.8 Å². The predicted octanol–water partition coefficient (Wildman–Crippen LogP) is 5.02. The van der Waals surface area contributed by atoms with E-state index in [1.807, 2.05) is 32.9 Å². The molecule has 1 nitrogen and oxygen atoms in total. The van der Waals surface area contributed by atoms with Crippen molar-refractivity contribution >= 4 is 5.78 Å². The fourth-order valence-electron chi connectivity index (χ4n) is 2.46. The zero-order valence-corrected chi connectivity index (χ0v) is 13.2. The van der Waals surface area contributed by atoms with Crippen LogP contribution in [0, 0.1) is 5.41 Å². The van der Waals surface area contributed by atoms with E-state index < -0.39 is 0 Å². The summed E-state index contributed by atoms with van der Waals surface area (Å²) in [6.07, 6.45) is 1.51. The van der Waals surface area contributed by atoms with Gasteiger partial charge in [0.1, 0.15) is 5.78 Å². The fourth-order valence-corrected chi connectivity index (χ4v) is 2.46. The number of hydrogen-bond donors (Lipinski definition) is 0. The van der Waals surface area contributed by atoms with E-state index >= 15 is 0 Å². The van der Waals surface area contributed by atoms with E-state index in [1.54, 1.807) is 0 Å². The van der Waals surface area contributed by atoms with Gasteiger partial charge in [-0.1, -0.05) is 81.4 Å². The Morgan fingerprint density at radius 1 is 0.905 bits per heavy atom. The second-order valence-electron chi connectivity index (χ2n) is 6.67. The monoisotopic (exact) mass is 280 g/mol. The molecule has 0 heterocycles. The highest BCUT2D eigenvalue weighted by atomic mass is 16.1. The van der Waals surface area contributed by atoms with Crippen molar-refractivity contribution in [2.75, 3.05) is 0 Å². The van der Waals surface area contributed by atoms with Crippen LogP contribution < -0.4 is 0 Å². The summed E-state index contributed by atoms with van der Waals surface area (Å²) in [5.41, 5.74) is 2.26. The highest BCUT2D eigenvalue weighted by Crippen LogP contribution is 2.29. The summed E-state index contributed by atoms with van der Waals surface area (Å²) < 4.78 is 0. The largest absolute Gasteiger partial charge is 0.299 e. The highest BCUT2D eigenvalue weighted by molar-refractivity contribution is 5.84. The molecule has 0 aliphatic rings. The van der Waals surface area contributed by atoms with Crippen LogP contribution in [0.1, 0.15) is 44.2 Å². The second kappa shape index (κ2) is 6.71. The van der Waals surface area contributed by atoms with Gasteiger partial charge in [-0.15, -0.1) is 0 Å². The van der Waals surface area contributed by atoms with Crippen LogP contribution in [0.25, 0.3) is 0 Å². The number of carbonyl (C=O) groups is 1. The van der Waals surface area contributed by atoms with E-state index in [2.05, 4.69) is 48.5 Å². The van der Waals surface area contributed by atoms with E-state index in [4.69, 9.17) is 0 Å². The molecule has 2 aromatic rings. The molecule has 1 unspecified atom stereocenters. The number of Topliss-reactive ketones (excluding diaryl/α,β-unsaturated/α-hetero) is 1. The molecule has 0 saturated carbocycles. The van der Waals surface area contributed by atoms with E-state index in [-0.39, 0.29) is 11.3 Å². The number of carbonyl (C=O) groups excluding carboxylic acids is 1. The summed E-state index contributed by atoms with van der Waals surface area (Å²) in [7, 11) is 0. The minimum atomic E-state index is -0.274. The summed E-state index contributed by atoms with van der Waals surface area (Å²) >= 11 is 0. The zero-order valence-electron chi connectivity index (χ0n) is 13.2. The van der Waals surface area contributed by atoms with Crippen LogP contribution >= 0.6 is 0 Å². The molecule has 0 spiro atoms. The van der Waals surface area contributed by atoms with Gasteiger partial charge in [0.2, 0.25) is 0 Å². The normalized spacial score (nSPS) is 12.9. The van der Waals surface area contributed by atoms with Gasteiger partial charge in [0.25, 0.3) is 0 Å². The molecule has 0 radical (unpaired) electrons. The predicted molar refractivity (Wildman–Crippen MR) is 88.4 cm³/mol. The Balaban J connectivity index is 2.21. The average Bonchev–Trinajstić information content (AvgIpc) is 2.47. The molecule has 110 valence electrons. The first-order chi connectivity index (χ1) is 9.97. The topological polar surface area (TPSA) is 17.1 Å². The Morgan fingerprint density at radius 2 is 1.43 bits per heavy atom. The molecule has 0 aromatic heterocycles. The SMILES string of the molecule is CC(C)(C)C(=O)CC(Cc1ccccc1)c1ccccc1. The van der Waals surface area contributed by atoms with E-state index in [1.165, 1.54) is 11.1 Å². The Labute approximate surface area is 128 Å². The van der Waals surface area contributed by atoms with Crippen molar-refractivity contribution in [2.45, 2.75) is 39.5 Å². The van der Waals surface area contributed by atoms with Crippen LogP contribution in [0.3, 0.4) is 0 Å². The van der Waals surface area contributed by atoms with Crippen molar-refractivity contribution in [1.82, 2.24) is 0 Å². The van der Waals surface area contributed by atoms with Crippen LogP contribution in [0.15, 0.2) is 60.7 Å². The minimum Gasteiger partial charge on any atom is -0.299 e. The molecular formula is C20H24O. The lowest BCUT2D eigenvalue weighted by molar-refractivity contribution is -0.126. The van der Waals surface area contributed by atoms with Crippen LogP contribution in [0.2, 0.25) is 0 Å². The Kier molecular flexibility index (Phi) is 4.95. The standard InChI is InChI=1S/C20H24O/c1-20(2,3)19(21)15-18(17-12-8-5-9-13-17)14-16-10-6-4-7-11-16/h4-13,18H,14-15H2,1-3H3. The van der Waals surface area contributed by atoms with Gasteiger partial charge < -0.3 is 0 Å². The molecule has 0 amide bonds. The summed E-state index contributed by atoms with van der Waals surface area (Å²) in [5, 5.41) is 0. The Morgan fingerprint density at radius 3 is 1.95 bits per heavy atom. The minimum absolute atomic E-state index is 0.250. The van der Waals surface area contributed by atoms with E-state index in [0.29, 0.717) is 12.2 Å². The molecule has 2 aromatic carbocycles. The van der Waals surface area contributed by atoms with E-state index in [0.717, 1.165) is 6.42 Å². The summed E-state index contributed by atoms with van der Waals surface area (Å²) in [6.45, 7) is 6.00. The van der Waals surface area contributed by atoms with Crippen LogP contribution in [0.4, 0.5) is 0 Å². The highest BCUT2D eigenvalue weighted by Gasteiger charge is 2.25. The van der Waals surface area contributed by atoms with Crippen molar-refractivity contribution < 1.29 is 4.79 Å². The molecule has 2 rings (SSSR count). The smallest absolute Gasteiger partial charge is 0.138 e. The van der Waals surface area contributed by atoms with Gasteiger partial charge in [-0.25, -0.2) is 0 Å². The number of benzene rings is 2. The molecule has 0 aliphatic carbocycles. The molecular weight excluding hydrogens is 256 g/mol. The summed E-state index contributed by atoms with van der Waals surface area (Å²) in [5.74, 6) is 0.576. The maximum Gasteiger partial charge on any atom is 0.138 e. The third-order valence-corrected chi connectivity index (χ3v) is 3.86. The van der Waals surface area contributed by atoms with Gasteiger partial charge >= 0.3 is 0 Å². The maximum absolute atomic E-state index is 12.4. The van der Waals surface area contributed by atoms with Gasteiger partial charge in [0.15, 0.2) is 0 Å². The second-order valence-corrected chi connectivity index (χ2v) is 6.67. The number of rotatable bonds is 5. The third-order valence-electron chi connectivity index (χ3n) is 3.86. The van der Waals surface area contributed by atoms with Gasteiger partial charge in [-0.05, 0) is 23.5 Å². The van der Waals surface area contributed by atoms with Crippen molar-refractivity contribution in [3.05, 3.63) is 71.8 Å². The molecule has 1 heteroatoms. The van der Waals surface area contributed by atoms with Crippen molar-refractivity contribution in [2.24, 2.45) is 5.41 Å². The lowest BCUT2D eigenvalue weighted by Gasteiger charge is -2.22. The lowest BCUT2D eigenvalue weighted by Crippen LogP contribution is -2.23. The molecule has 1 atom stereocenters. The molecule has 0 aliphatic heterocycles. The van der Waals surface area contributed by atoms with E-state index in [9.17, 15) is 4.79 Å². The lowest BCUT2D eigenvalue weighted by atomic mass is 9.80. The zero-order chi connectivity index (χ0) is 15.3. The quantitative estimate of drug-likeness (QED) is 0.751. The fraction of sp³-hybridized carbons (Fsp3) is 0.350. The number of hydrogen-bond acceptors (Lipinski definition) is 1. The van der Waals surface area contributed by atoms with Crippen LogP contribution in [-0.4, -0.2) is 5.78 Å². The molecule has 0 fully saturated rings. The van der Waals surface area contributed by atoms with Crippen molar-refractivity contribution in [3.8, 4) is 0 Å². The van der Waals surface area contributed by atoms with Crippen LogP contribution in [0.5, 0.6) is 0 Å². The first-order valence-corrected chi connectivity index (χ1v) is 7.59. The molecule has 21 heavy (non-hydrogen) atoms. The number of ketones is 1. The summed E-state index contributed by atoms with van der Waals surface area (Å²) in [4.78, 5) is 12.4. The first-order valence-electron chi connectivity index (χ1n) is 7.59. The molecule has 0 N–H and O–H groups in total. The van der Waals surface area contributed by atoms with Crippen LogP contribution in [-0.2, 0) is 11.2 Å². The first kappa shape index (κ1) is 15.5. The maximum atomic E-state index is 12.4.